The minimum Gasteiger partial charge on any atom is -0.387 e. The molecule has 172 valence electrons. The van der Waals surface area contributed by atoms with Crippen molar-refractivity contribution < 1.29 is 32.3 Å². The SMILES string of the molecule is CSCC[C@H](N)C(=O)CS(=O)(=O)OC[C@H]1O[C@@H](n2cnc3c(N)ncnc32)[C@@H](O)[C@H]1O. The molecule has 0 bridgehead atoms. The van der Waals surface area contributed by atoms with Crippen molar-refractivity contribution in [1.82, 2.24) is 19.5 Å². The molecule has 0 aliphatic carbocycles. The molecule has 13 nitrogen and oxygen atoms in total. The van der Waals surface area contributed by atoms with Crippen LogP contribution in [0.4, 0.5) is 5.82 Å². The first kappa shape index (κ1) is 23.8. The van der Waals surface area contributed by atoms with Gasteiger partial charge in [-0.1, -0.05) is 0 Å². The van der Waals surface area contributed by atoms with Gasteiger partial charge in [-0.15, -0.1) is 0 Å². The molecule has 6 N–H and O–H groups in total. The minimum absolute atomic E-state index is 0.128. The summed E-state index contributed by atoms with van der Waals surface area (Å²) in [5.74, 6) is -0.806. The number of nitrogen functional groups attached to an aromatic ring is 1. The van der Waals surface area contributed by atoms with E-state index >= 15 is 0 Å². The lowest BCUT2D eigenvalue weighted by Crippen LogP contribution is -2.38. The van der Waals surface area contributed by atoms with Crippen molar-refractivity contribution in [2.75, 3.05) is 30.1 Å². The van der Waals surface area contributed by atoms with Crippen LogP contribution in [0, 0.1) is 0 Å². The summed E-state index contributed by atoms with van der Waals surface area (Å²) < 4.78 is 36.1. The summed E-state index contributed by atoms with van der Waals surface area (Å²) in [7, 11) is -4.26. The average molecular weight is 477 g/mol. The van der Waals surface area contributed by atoms with Crippen LogP contribution in [-0.2, 0) is 23.8 Å². The summed E-state index contributed by atoms with van der Waals surface area (Å²) in [6.07, 6.45) is -0.477. The van der Waals surface area contributed by atoms with E-state index in [9.17, 15) is 23.4 Å². The number of Topliss-reactive ketones (excluding diaryl/α,β-unsaturated/α-hetero) is 1. The highest BCUT2D eigenvalue weighted by atomic mass is 32.2. The number of aromatic nitrogens is 4. The van der Waals surface area contributed by atoms with Gasteiger partial charge in [0.05, 0.1) is 19.0 Å². The van der Waals surface area contributed by atoms with E-state index in [1.54, 1.807) is 0 Å². The second-order valence-corrected chi connectivity index (χ2v) is 9.60. The Balaban J connectivity index is 1.64. The number of rotatable bonds is 10. The van der Waals surface area contributed by atoms with E-state index in [1.165, 1.54) is 29.0 Å². The van der Waals surface area contributed by atoms with Crippen LogP contribution in [0.25, 0.3) is 11.2 Å². The van der Waals surface area contributed by atoms with Crippen LogP contribution in [0.3, 0.4) is 0 Å². The number of anilines is 1. The topological polar surface area (TPSA) is 206 Å². The van der Waals surface area contributed by atoms with Crippen molar-refractivity contribution in [2.24, 2.45) is 5.73 Å². The Morgan fingerprint density at radius 1 is 1.35 bits per heavy atom. The number of thioether (sulfide) groups is 1. The summed E-state index contributed by atoms with van der Waals surface area (Å²) in [5.41, 5.74) is 12.0. The van der Waals surface area contributed by atoms with Gasteiger partial charge in [-0.05, 0) is 18.4 Å². The average Bonchev–Trinajstić information content (AvgIpc) is 3.27. The molecule has 15 heteroatoms. The van der Waals surface area contributed by atoms with Crippen molar-refractivity contribution >= 4 is 44.6 Å². The number of carbonyl (C=O) groups excluding carboxylic acids is 1. The molecule has 1 aliphatic heterocycles. The van der Waals surface area contributed by atoms with E-state index in [2.05, 4.69) is 15.0 Å². The molecule has 31 heavy (non-hydrogen) atoms. The van der Waals surface area contributed by atoms with Crippen LogP contribution in [-0.4, -0.2) is 92.7 Å². The number of hydrogen-bond donors (Lipinski definition) is 4. The predicted molar refractivity (Wildman–Crippen MR) is 111 cm³/mol. The Labute approximate surface area is 182 Å². The van der Waals surface area contributed by atoms with E-state index in [0.29, 0.717) is 12.2 Å². The largest absolute Gasteiger partial charge is 0.387 e. The number of fused-ring (bicyclic) bond motifs is 1. The number of aliphatic hydroxyl groups excluding tert-OH is 2. The first-order valence-corrected chi connectivity index (χ1v) is 12.2. The molecule has 1 aliphatic rings. The Bertz CT molecular complexity index is 1030. The third kappa shape index (κ3) is 5.31. The van der Waals surface area contributed by atoms with Crippen molar-refractivity contribution in [2.45, 2.75) is 37.0 Å². The number of ether oxygens (including phenoxy) is 1. The Morgan fingerprint density at radius 3 is 2.81 bits per heavy atom. The highest BCUT2D eigenvalue weighted by Gasteiger charge is 2.45. The van der Waals surface area contributed by atoms with E-state index < -0.39 is 58.8 Å². The monoisotopic (exact) mass is 476 g/mol. The van der Waals surface area contributed by atoms with Crippen LogP contribution >= 0.6 is 11.8 Å². The Morgan fingerprint density at radius 2 is 2.10 bits per heavy atom. The minimum atomic E-state index is -4.26. The van der Waals surface area contributed by atoms with Crippen molar-refractivity contribution in [3.63, 3.8) is 0 Å². The van der Waals surface area contributed by atoms with Gasteiger partial charge in [-0.2, -0.15) is 20.2 Å². The van der Waals surface area contributed by atoms with Crippen molar-refractivity contribution in [3.05, 3.63) is 12.7 Å². The highest BCUT2D eigenvalue weighted by Crippen LogP contribution is 2.32. The molecule has 1 saturated heterocycles. The van der Waals surface area contributed by atoms with Crippen molar-refractivity contribution in [1.29, 1.82) is 0 Å². The fraction of sp³-hybridized carbons (Fsp3) is 0.625. The lowest BCUT2D eigenvalue weighted by Gasteiger charge is -2.16. The van der Waals surface area contributed by atoms with Gasteiger partial charge in [0.1, 0.15) is 35.9 Å². The molecule has 5 atom stereocenters. The second-order valence-electron chi connectivity index (χ2n) is 6.97. The molecule has 2 aromatic rings. The van der Waals surface area contributed by atoms with E-state index in [0.717, 1.165) is 0 Å². The Kier molecular flexibility index (Phi) is 7.46. The predicted octanol–water partition coefficient (Wildman–Crippen LogP) is -1.98. The van der Waals surface area contributed by atoms with Crippen LogP contribution in [0.2, 0.25) is 0 Å². The molecule has 2 aromatic heterocycles. The fourth-order valence-corrected chi connectivity index (χ4v) is 4.53. The molecule has 3 rings (SSSR count). The summed E-state index contributed by atoms with van der Waals surface area (Å²) >= 11 is 1.49. The van der Waals surface area contributed by atoms with E-state index in [-0.39, 0.29) is 17.0 Å². The zero-order valence-electron chi connectivity index (χ0n) is 16.6. The van der Waals surface area contributed by atoms with Gasteiger partial charge >= 0.3 is 0 Å². The third-order valence-electron chi connectivity index (χ3n) is 4.78. The highest BCUT2D eigenvalue weighted by molar-refractivity contribution is 7.98. The smallest absolute Gasteiger partial charge is 0.274 e. The Hall–Kier alpha value is -1.88. The maximum atomic E-state index is 12.1. The second kappa shape index (κ2) is 9.72. The molecule has 0 radical (unpaired) electrons. The number of carbonyl (C=O) groups is 1. The van der Waals surface area contributed by atoms with E-state index in [4.69, 9.17) is 20.4 Å². The molecule has 0 amide bonds. The zero-order valence-corrected chi connectivity index (χ0v) is 18.2. The van der Waals surface area contributed by atoms with Crippen LogP contribution in [0.15, 0.2) is 12.7 Å². The molecule has 3 heterocycles. The summed E-state index contributed by atoms with van der Waals surface area (Å²) in [6.45, 7) is -0.603. The normalized spacial score (nSPS) is 25.2. The lowest BCUT2D eigenvalue weighted by molar-refractivity contribution is -0.118. The molecule has 0 saturated carbocycles. The van der Waals surface area contributed by atoms with Crippen molar-refractivity contribution in [3.8, 4) is 0 Å². The first-order valence-electron chi connectivity index (χ1n) is 9.23. The summed E-state index contributed by atoms with van der Waals surface area (Å²) in [5, 5.41) is 20.7. The molecular weight excluding hydrogens is 452 g/mol. The number of hydrogen-bond acceptors (Lipinski definition) is 13. The summed E-state index contributed by atoms with van der Waals surface area (Å²) in [6, 6.07) is -0.908. The first-order chi connectivity index (χ1) is 14.6. The molecule has 0 aromatic carbocycles. The van der Waals surface area contributed by atoms with Crippen LogP contribution in [0.1, 0.15) is 12.6 Å². The van der Waals surface area contributed by atoms with Gasteiger partial charge in [0.15, 0.2) is 23.5 Å². The van der Waals surface area contributed by atoms with Gasteiger partial charge in [-0.25, -0.2) is 15.0 Å². The number of nitrogens with zero attached hydrogens (tertiary/aromatic N) is 4. The number of aliphatic hydroxyl groups is 2. The number of imidazole rings is 1. The zero-order chi connectivity index (χ0) is 22.8. The maximum absolute atomic E-state index is 12.1. The van der Waals surface area contributed by atoms with E-state index in [1.807, 2.05) is 6.26 Å². The summed E-state index contributed by atoms with van der Waals surface area (Å²) in [4.78, 5) is 23.9. The number of nitrogens with two attached hydrogens (primary N) is 2. The van der Waals surface area contributed by atoms with Crippen LogP contribution in [0.5, 0.6) is 0 Å². The van der Waals surface area contributed by atoms with Gasteiger partial charge in [-0.3, -0.25) is 13.5 Å². The van der Waals surface area contributed by atoms with Gasteiger partial charge in [0.2, 0.25) is 0 Å². The number of ketones is 1. The third-order valence-corrected chi connectivity index (χ3v) is 6.55. The van der Waals surface area contributed by atoms with Crippen LogP contribution < -0.4 is 11.5 Å². The van der Waals surface area contributed by atoms with Gasteiger partial charge < -0.3 is 26.4 Å². The molecule has 0 unspecified atom stereocenters. The maximum Gasteiger partial charge on any atom is 0.274 e. The molecule has 1 fully saturated rings. The van der Waals surface area contributed by atoms with Gasteiger partial charge in [0, 0.05) is 0 Å². The fourth-order valence-electron chi connectivity index (χ4n) is 3.05. The van der Waals surface area contributed by atoms with Gasteiger partial charge in [0.25, 0.3) is 10.1 Å². The standard InChI is InChI=1S/C16H24N6O7S2/c1-30-3-2-8(17)9(23)5-31(26,27)28-4-10-12(24)13(25)16(29-10)22-7-21-11-14(18)19-6-20-15(11)22/h6-8,10,12-13,16,24-25H,2-5,17H2,1H3,(H2,18,19,20)/t8-,10+,12-,13-,16+/m0/s1. The molecule has 0 spiro atoms. The quantitative estimate of drug-likeness (QED) is 0.275. The molecular formula is C16H24N6O7S2. The lowest BCUT2D eigenvalue weighted by atomic mass is 10.1.